The molecule has 0 aliphatic carbocycles. The van der Waals surface area contributed by atoms with E-state index in [9.17, 15) is 4.39 Å². The van der Waals surface area contributed by atoms with Crippen molar-refractivity contribution in [3.63, 3.8) is 0 Å². The molecule has 0 unspecified atom stereocenters. The topological polar surface area (TPSA) is 33.1 Å². The summed E-state index contributed by atoms with van der Waals surface area (Å²) < 4.78 is 15.3. The molecule has 0 aliphatic rings. The molecular weight excluding hydrogens is 371 g/mol. The molecule has 0 saturated carbocycles. The summed E-state index contributed by atoms with van der Waals surface area (Å²) in [6.45, 7) is 6.42. The molecule has 28 heavy (non-hydrogen) atoms. The molecule has 0 bridgehead atoms. The molecule has 1 N–H and O–H groups in total. The SMILES string of the molecule is Cc1cc(C)cc(NC(=S)N(CCCn2ccnc2)Cc2ccc(F)cc2)c1. The molecule has 1 heterocycles. The number of halogens is 1. The van der Waals surface area contributed by atoms with Crippen molar-refractivity contribution in [3.8, 4) is 0 Å². The minimum absolute atomic E-state index is 0.230. The summed E-state index contributed by atoms with van der Waals surface area (Å²) in [5.74, 6) is -0.230. The number of thiocarbonyl (C=S) groups is 1. The number of nitrogens with one attached hydrogen (secondary N) is 1. The highest BCUT2D eigenvalue weighted by molar-refractivity contribution is 7.80. The van der Waals surface area contributed by atoms with Gasteiger partial charge in [-0.1, -0.05) is 18.2 Å². The van der Waals surface area contributed by atoms with Crippen LogP contribution in [0.25, 0.3) is 0 Å². The highest BCUT2D eigenvalue weighted by atomic mass is 32.1. The fourth-order valence-corrected chi connectivity index (χ4v) is 3.45. The summed E-state index contributed by atoms with van der Waals surface area (Å²) in [7, 11) is 0. The maximum atomic E-state index is 13.2. The third-order valence-corrected chi connectivity index (χ3v) is 4.81. The van der Waals surface area contributed by atoms with Crippen molar-refractivity contribution in [1.82, 2.24) is 14.5 Å². The number of aryl methyl sites for hydroxylation is 3. The molecular formula is C22H25FN4S. The van der Waals surface area contributed by atoms with E-state index >= 15 is 0 Å². The summed E-state index contributed by atoms with van der Waals surface area (Å²) in [5.41, 5.74) is 4.39. The van der Waals surface area contributed by atoms with Crippen LogP contribution < -0.4 is 5.32 Å². The molecule has 0 fully saturated rings. The Morgan fingerprint density at radius 2 is 1.86 bits per heavy atom. The van der Waals surface area contributed by atoms with E-state index in [1.165, 1.54) is 23.3 Å². The quantitative estimate of drug-likeness (QED) is 0.574. The molecule has 0 atom stereocenters. The van der Waals surface area contributed by atoms with Crippen molar-refractivity contribution < 1.29 is 4.39 Å². The highest BCUT2D eigenvalue weighted by Crippen LogP contribution is 2.16. The number of aromatic nitrogens is 2. The van der Waals surface area contributed by atoms with Crippen LogP contribution in [0.4, 0.5) is 10.1 Å². The normalized spacial score (nSPS) is 10.7. The first-order valence-electron chi connectivity index (χ1n) is 9.34. The van der Waals surface area contributed by atoms with Gasteiger partial charge in [-0.2, -0.15) is 0 Å². The summed E-state index contributed by atoms with van der Waals surface area (Å²) in [6.07, 6.45) is 6.47. The molecule has 6 heteroatoms. The molecule has 0 saturated heterocycles. The Morgan fingerprint density at radius 3 is 2.50 bits per heavy atom. The molecule has 3 aromatic rings. The lowest BCUT2D eigenvalue weighted by Gasteiger charge is -2.26. The molecule has 1 aromatic heterocycles. The van der Waals surface area contributed by atoms with Crippen LogP contribution in [-0.4, -0.2) is 26.1 Å². The van der Waals surface area contributed by atoms with E-state index in [-0.39, 0.29) is 5.82 Å². The van der Waals surface area contributed by atoms with E-state index in [0.29, 0.717) is 11.7 Å². The zero-order valence-electron chi connectivity index (χ0n) is 16.2. The van der Waals surface area contributed by atoms with Crippen LogP contribution in [0.15, 0.2) is 61.2 Å². The van der Waals surface area contributed by atoms with Crippen LogP contribution >= 0.6 is 12.2 Å². The Bertz CT molecular complexity index is 887. The van der Waals surface area contributed by atoms with Crippen LogP contribution in [0.3, 0.4) is 0 Å². The van der Waals surface area contributed by atoms with Gasteiger partial charge in [-0.05, 0) is 73.4 Å². The van der Waals surface area contributed by atoms with Gasteiger partial charge in [0.05, 0.1) is 6.33 Å². The van der Waals surface area contributed by atoms with Crippen molar-refractivity contribution in [3.05, 3.63) is 83.7 Å². The predicted octanol–water partition coefficient (Wildman–Crippen LogP) is 4.93. The van der Waals surface area contributed by atoms with Crippen LogP contribution in [0.5, 0.6) is 0 Å². The van der Waals surface area contributed by atoms with Crippen LogP contribution in [0.1, 0.15) is 23.1 Å². The predicted molar refractivity (Wildman–Crippen MR) is 116 cm³/mol. The minimum atomic E-state index is -0.230. The summed E-state index contributed by atoms with van der Waals surface area (Å²) in [6, 6.07) is 12.9. The van der Waals surface area contributed by atoms with Gasteiger partial charge in [0.2, 0.25) is 0 Å². The first kappa shape index (κ1) is 20.0. The summed E-state index contributed by atoms with van der Waals surface area (Å²) in [5, 5.41) is 4.03. The van der Waals surface area contributed by atoms with Crippen LogP contribution in [-0.2, 0) is 13.1 Å². The average Bonchev–Trinajstić information content (AvgIpc) is 3.15. The van der Waals surface area contributed by atoms with Crippen LogP contribution in [0, 0.1) is 19.7 Å². The Morgan fingerprint density at radius 1 is 1.14 bits per heavy atom. The van der Waals surface area contributed by atoms with E-state index in [1.807, 2.05) is 12.5 Å². The van der Waals surface area contributed by atoms with Gasteiger partial charge in [0.15, 0.2) is 5.11 Å². The minimum Gasteiger partial charge on any atom is -0.345 e. The zero-order valence-corrected chi connectivity index (χ0v) is 17.0. The standard InChI is InChI=1S/C22H25FN4S/c1-17-12-18(2)14-21(13-17)25-22(28)27(10-3-9-26-11-8-24-16-26)15-19-4-6-20(23)7-5-19/h4-8,11-14,16H,3,9-10,15H2,1-2H3,(H,25,28). The van der Waals surface area contributed by atoms with Gasteiger partial charge in [0, 0.05) is 37.7 Å². The number of anilines is 1. The Hall–Kier alpha value is -2.73. The average molecular weight is 397 g/mol. The van der Waals surface area contributed by atoms with Gasteiger partial charge < -0.3 is 14.8 Å². The largest absolute Gasteiger partial charge is 0.345 e. The van der Waals surface area contributed by atoms with Gasteiger partial charge in [-0.25, -0.2) is 9.37 Å². The maximum absolute atomic E-state index is 13.2. The molecule has 2 aromatic carbocycles. The first-order chi connectivity index (χ1) is 13.5. The molecule has 0 spiro atoms. The van der Waals surface area contributed by atoms with Crippen molar-refractivity contribution >= 4 is 23.0 Å². The fourth-order valence-electron chi connectivity index (χ4n) is 3.18. The molecule has 0 radical (unpaired) electrons. The Balaban J connectivity index is 1.69. The van der Waals surface area contributed by atoms with Crippen molar-refractivity contribution in [1.29, 1.82) is 0 Å². The number of benzene rings is 2. The van der Waals surface area contributed by atoms with Gasteiger partial charge in [-0.15, -0.1) is 0 Å². The highest BCUT2D eigenvalue weighted by Gasteiger charge is 2.11. The maximum Gasteiger partial charge on any atom is 0.173 e. The van der Waals surface area contributed by atoms with Crippen molar-refractivity contribution in [2.75, 3.05) is 11.9 Å². The zero-order chi connectivity index (χ0) is 19.9. The fraction of sp³-hybridized carbons (Fsp3) is 0.273. The Labute approximate surface area is 171 Å². The van der Waals surface area contributed by atoms with E-state index in [2.05, 4.69) is 51.8 Å². The number of hydrogen-bond donors (Lipinski definition) is 1. The second-order valence-corrected chi connectivity index (χ2v) is 7.40. The first-order valence-corrected chi connectivity index (χ1v) is 9.75. The lowest BCUT2D eigenvalue weighted by molar-refractivity contribution is 0.395. The lowest BCUT2D eigenvalue weighted by atomic mass is 10.1. The molecule has 146 valence electrons. The lowest BCUT2D eigenvalue weighted by Crippen LogP contribution is -2.35. The number of imidazole rings is 1. The third-order valence-electron chi connectivity index (χ3n) is 4.45. The monoisotopic (exact) mass is 396 g/mol. The van der Waals surface area contributed by atoms with E-state index in [0.717, 1.165) is 30.8 Å². The molecule has 0 aliphatic heterocycles. The summed E-state index contributed by atoms with van der Waals surface area (Å²) >= 11 is 5.70. The molecule has 3 rings (SSSR count). The number of rotatable bonds is 7. The van der Waals surface area contributed by atoms with Crippen molar-refractivity contribution in [2.24, 2.45) is 0 Å². The third kappa shape index (κ3) is 5.89. The second-order valence-electron chi connectivity index (χ2n) is 7.01. The number of nitrogens with zero attached hydrogens (tertiary/aromatic N) is 3. The molecule has 0 amide bonds. The Kier molecular flexibility index (Phi) is 6.76. The smallest absolute Gasteiger partial charge is 0.173 e. The van der Waals surface area contributed by atoms with E-state index in [1.54, 1.807) is 18.3 Å². The van der Waals surface area contributed by atoms with Gasteiger partial charge in [0.1, 0.15) is 5.82 Å². The van der Waals surface area contributed by atoms with E-state index in [4.69, 9.17) is 12.2 Å². The van der Waals surface area contributed by atoms with Crippen molar-refractivity contribution in [2.45, 2.75) is 33.4 Å². The molecule has 4 nitrogen and oxygen atoms in total. The van der Waals surface area contributed by atoms with Gasteiger partial charge in [-0.3, -0.25) is 0 Å². The summed E-state index contributed by atoms with van der Waals surface area (Å²) in [4.78, 5) is 6.20. The van der Waals surface area contributed by atoms with E-state index < -0.39 is 0 Å². The van der Waals surface area contributed by atoms with Gasteiger partial charge in [0.25, 0.3) is 0 Å². The van der Waals surface area contributed by atoms with Gasteiger partial charge >= 0.3 is 0 Å². The number of hydrogen-bond acceptors (Lipinski definition) is 2. The van der Waals surface area contributed by atoms with Crippen LogP contribution in [0.2, 0.25) is 0 Å². The second kappa shape index (κ2) is 9.46.